The van der Waals surface area contributed by atoms with Crippen LogP contribution in [-0.2, 0) is 9.59 Å². The highest BCUT2D eigenvalue weighted by atomic mass is 32.2. The molecule has 2 amide bonds. The molecule has 1 aliphatic heterocycles. The first-order valence-electron chi connectivity index (χ1n) is 8.24. The fourth-order valence-corrected chi connectivity index (χ4v) is 3.39. The number of carbonyl (C=O) groups is 2. The summed E-state index contributed by atoms with van der Waals surface area (Å²) in [4.78, 5) is 26.8. The third kappa shape index (κ3) is 4.33. The van der Waals surface area contributed by atoms with Crippen molar-refractivity contribution in [3.63, 3.8) is 0 Å². The molecule has 1 heterocycles. The molecule has 0 unspecified atom stereocenters. The van der Waals surface area contributed by atoms with Crippen LogP contribution in [0.3, 0.4) is 0 Å². The van der Waals surface area contributed by atoms with Gasteiger partial charge in [-0.15, -0.1) is 11.8 Å². The Labute approximate surface area is 151 Å². The van der Waals surface area contributed by atoms with Crippen LogP contribution in [-0.4, -0.2) is 31.2 Å². The van der Waals surface area contributed by atoms with Gasteiger partial charge in [0.1, 0.15) is 0 Å². The molecule has 0 aromatic heterocycles. The maximum absolute atomic E-state index is 12.1. The SMILES string of the molecule is CSc1ccccc1NCC(=O)Nc1ccc(N2CCCC2=O)cc1. The predicted octanol–water partition coefficient (Wildman–Crippen LogP) is 3.59. The normalized spacial score (nSPS) is 13.8. The summed E-state index contributed by atoms with van der Waals surface area (Å²) >= 11 is 1.64. The Morgan fingerprint density at radius 1 is 1.16 bits per heavy atom. The van der Waals surface area contributed by atoms with Gasteiger partial charge in [-0.1, -0.05) is 12.1 Å². The zero-order chi connectivity index (χ0) is 17.6. The number of thioether (sulfide) groups is 1. The van der Waals surface area contributed by atoms with Crippen molar-refractivity contribution in [3.8, 4) is 0 Å². The zero-order valence-electron chi connectivity index (χ0n) is 14.1. The Hall–Kier alpha value is -2.47. The van der Waals surface area contributed by atoms with Gasteiger partial charge in [0.05, 0.1) is 6.54 Å². The molecular formula is C19H21N3O2S. The maximum Gasteiger partial charge on any atom is 0.243 e. The fraction of sp³-hybridized carbons (Fsp3) is 0.263. The minimum absolute atomic E-state index is 0.110. The zero-order valence-corrected chi connectivity index (χ0v) is 14.9. The molecule has 0 saturated carbocycles. The van der Waals surface area contributed by atoms with Crippen LogP contribution in [0.4, 0.5) is 17.1 Å². The molecule has 2 aromatic rings. The molecule has 2 N–H and O–H groups in total. The van der Waals surface area contributed by atoms with E-state index in [4.69, 9.17) is 0 Å². The van der Waals surface area contributed by atoms with Crippen molar-refractivity contribution in [2.45, 2.75) is 17.7 Å². The Balaban J connectivity index is 1.55. The number of anilines is 3. The molecule has 25 heavy (non-hydrogen) atoms. The second kappa shape index (κ2) is 8.07. The van der Waals surface area contributed by atoms with Gasteiger partial charge >= 0.3 is 0 Å². The third-order valence-electron chi connectivity index (χ3n) is 4.08. The maximum atomic E-state index is 12.1. The second-order valence-electron chi connectivity index (χ2n) is 5.80. The first kappa shape index (κ1) is 17.4. The predicted molar refractivity (Wildman–Crippen MR) is 103 cm³/mol. The van der Waals surface area contributed by atoms with E-state index in [1.165, 1.54) is 0 Å². The summed E-state index contributed by atoms with van der Waals surface area (Å²) < 4.78 is 0. The summed E-state index contributed by atoms with van der Waals surface area (Å²) in [7, 11) is 0. The number of rotatable bonds is 6. The van der Waals surface area contributed by atoms with Gasteiger partial charge in [-0.05, 0) is 49.1 Å². The topological polar surface area (TPSA) is 61.4 Å². The quantitative estimate of drug-likeness (QED) is 0.778. The van der Waals surface area contributed by atoms with Gasteiger partial charge in [-0.3, -0.25) is 9.59 Å². The van der Waals surface area contributed by atoms with Gasteiger partial charge in [0.2, 0.25) is 11.8 Å². The Bertz CT molecular complexity index is 762. The monoisotopic (exact) mass is 355 g/mol. The van der Waals surface area contributed by atoms with E-state index in [2.05, 4.69) is 10.6 Å². The average molecular weight is 355 g/mol. The Morgan fingerprint density at radius 2 is 1.92 bits per heavy atom. The van der Waals surface area contributed by atoms with E-state index in [0.29, 0.717) is 6.42 Å². The van der Waals surface area contributed by atoms with E-state index < -0.39 is 0 Å². The van der Waals surface area contributed by atoms with E-state index in [1.54, 1.807) is 16.7 Å². The van der Waals surface area contributed by atoms with Crippen molar-refractivity contribution < 1.29 is 9.59 Å². The number of nitrogens with one attached hydrogen (secondary N) is 2. The third-order valence-corrected chi connectivity index (χ3v) is 4.88. The summed E-state index contributed by atoms with van der Waals surface area (Å²) in [6.45, 7) is 0.966. The van der Waals surface area contributed by atoms with Crippen LogP contribution in [0.5, 0.6) is 0 Å². The lowest BCUT2D eigenvalue weighted by Gasteiger charge is -2.16. The van der Waals surface area contributed by atoms with Crippen LogP contribution >= 0.6 is 11.8 Å². The number of carbonyl (C=O) groups excluding carboxylic acids is 2. The molecule has 1 saturated heterocycles. The summed E-state index contributed by atoms with van der Waals surface area (Å²) in [6, 6.07) is 15.3. The molecule has 0 bridgehead atoms. The number of para-hydroxylation sites is 1. The molecule has 0 radical (unpaired) electrons. The van der Waals surface area contributed by atoms with Crippen LogP contribution in [0.1, 0.15) is 12.8 Å². The largest absolute Gasteiger partial charge is 0.375 e. The van der Waals surface area contributed by atoms with Crippen LogP contribution in [0, 0.1) is 0 Å². The molecule has 2 aromatic carbocycles. The van der Waals surface area contributed by atoms with E-state index in [9.17, 15) is 9.59 Å². The van der Waals surface area contributed by atoms with E-state index in [1.807, 2.05) is 54.8 Å². The summed E-state index contributed by atoms with van der Waals surface area (Å²) in [5.41, 5.74) is 2.56. The molecule has 3 rings (SSSR count). The van der Waals surface area contributed by atoms with Gasteiger partial charge in [0.25, 0.3) is 0 Å². The smallest absolute Gasteiger partial charge is 0.243 e. The second-order valence-corrected chi connectivity index (χ2v) is 6.65. The van der Waals surface area contributed by atoms with E-state index in [0.717, 1.165) is 34.9 Å². The highest BCUT2D eigenvalue weighted by Gasteiger charge is 2.21. The van der Waals surface area contributed by atoms with Crippen LogP contribution < -0.4 is 15.5 Å². The minimum Gasteiger partial charge on any atom is -0.375 e. The first-order valence-corrected chi connectivity index (χ1v) is 9.47. The molecule has 6 heteroatoms. The highest BCUT2D eigenvalue weighted by Crippen LogP contribution is 2.25. The van der Waals surface area contributed by atoms with Crippen molar-refractivity contribution in [2.75, 3.05) is 34.9 Å². The number of nitrogens with zero attached hydrogens (tertiary/aromatic N) is 1. The van der Waals surface area contributed by atoms with E-state index >= 15 is 0 Å². The van der Waals surface area contributed by atoms with Crippen LogP contribution in [0.15, 0.2) is 53.4 Å². The number of amides is 2. The van der Waals surface area contributed by atoms with Crippen molar-refractivity contribution in [1.29, 1.82) is 0 Å². The van der Waals surface area contributed by atoms with Gasteiger partial charge in [-0.2, -0.15) is 0 Å². The van der Waals surface area contributed by atoms with Gasteiger partial charge in [0, 0.05) is 34.9 Å². The Morgan fingerprint density at radius 3 is 2.60 bits per heavy atom. The molecular weight excluding hydrogens is 334 g/mol. The van der Waals surface area contributed by atoms with Crippen LogP contribution in [0.25, 0.3) is 0 Å². The number of benzene rings is 2. The lowest BCUT2D eigenvalue weighted by atomic mass is 10.2. The molecule has 0 spiro atoms. The van der Waals surface area contributed by atoms with Gasteiger partial charge in [0.15, 0.2) is 0 Å². The lowest BCUT2D eigenvalue weighted by molar-refractivity contribution is -0.117. The Kier molecular flexibility index (Phi) is 5.60. The number of hydrogen-bond acceptors (Lipinski definition) is 4. The first-order chi connectivity index (χ1) is 12.2. The van der Waals surface area contributed by atoms with Gasteiger partial charge in [-0.25, -0.2) is 0 Å². The lowest BCUT2D eigenvalue weighted by Crippen LogP contribution is -2.24. The highest BCUT2D eigenvalue weighted by molar-refractivity contribution is 7.98. The van der Waals surface area contributed by atoms with Crippen LogP contribution in [0.2, 0.25) is 0 Å². The van der Waals surface area contributed by atoms with Crippen molar-refractivity contribution in [2.24, 2.45) is 0 Å². The van der Waals surface area contributed by atoms with E-state index in [-0.39, 0.29) is 18.4 Å². The standard InChI is InChI=1S/C19H21N3O2S/c1-25-17-6-3-2-5-16(17)20-13-18(23)21-14-8-10-15(11-9-14)22-12-4-7-19(22)24/h2-3,5-6,8-11,20H,4,7,12-13H2,1H3,(H,21,23). The number of hydrogen-bond donors (Lipinski definition) is 2. The molecule has 1 fully saturated rings. The van der Waals surface area contributed by atoms with Crippen molar-refractivity contribution >= 4 is 40.6 Å². The van der Waals surface area contributed by atoms with Crippen molar-refractivity contribution in [1.82, 2.24) is 0 Å². The summed E-state index contributed by atoms with van der Waals surface area (Å²) in [5, 5.41) is 6.03. The minimum atomic E-state index is -0.110. The molecule has 1 aliphatic rings. The summed E-state index contributed by atoms with van der Waals surface area (Å²) in [6.07, 6.45) is 3.52. The average Bonchev–Trinajstić information content (AvgIpc) is 3.07. The fourth-order valence-electron chi connectivity index (χ4n) is 2.82. The molecule has 0 atom stereocenters. The molecule has 5 nitrogen and oxygen atoms in total. The summed E-state index contributed by atoms with van der Waals surface area (Å²) in [5.74, 6) is 0.0503. The molecule has 0 aliphatic carbocycles. The van der Waals surface area contributed by atoms with Gasteiger partial charge < -0.3 is 15.5 Å². The van der Waals surface area contributed by atoms with Crippen molar-refractivity contribution in [3.05, 3.63) is 48.5 Å². The molecule has 130 valence electrons.